The number of rotatable bonds is 7. The molecule has 0 bridgehead atoms. The lowest BCUT2D eigenvalue weighted by molar-refractivity contribution is -0.114. The van der Waals surface area contributed by atoms with Crippen molar-refractivity contribution in [3.05, 3.63) is 65.7 Å². The summed E-state index contributed by atoms with van der Waals surface area (Å²) in [5, 5.41) is 2.79. The molecule has 1 amide bonds. The summed E-state index contributed by atoms with van der Waals surface area (Å²) in [7, 11) is 0. The molecule has 1 heterocycles. The Hall–Kier alpha value is -2.50. The third-order valence-corrected chi connectivity index (χ3v) is 4.90. The average molecular weight is 365 g/mol. The minimum absolute atomic E-state index is 0.0513. The summed E-state index contributed by atoms with van der Waals surface area (Å²) in [6, 6.07) is 17.6. The van der Waals surface area contributed by atoms with Crippen molar-refractivity contribution in [3.8, 4) is 0 Å². The number of hydrogen-bond donors (Lipinski definition) is 1. The second-order valence-corrected chi connectivity index (χ2v) is 7.04. The molecule has 5 nitrogen and oxygen atoms in total. The monoisotopic (exact) mass is 365 g/mol. The number of amides is 1. The number of ketones is 1. The Morgan fingerprint density at radius 3 is 2.15 bits per heavy atom. The van der Waals surface area contributed by atoms with Crippen LogP contribution in [0.25, 0.3) is 0 Å². The number of carbonyl (C=O) groups is 2. The minimum Gasteiger partial charge on any atom is -0.326 e. The maximum Gasteiger partial charge on any atom is 0.221 e. The van der Waals surface area contributed by atoms with Crippen molar-refractivity contribution in [1.82, 2.24) is 9.80 Å². The molecule has 142 valence electrons. The highest BCUT2D eigenvalue weighted by atomic mass is 16.1. The number of carbonyl (C=O) groups excluding carboxylic acids is 2. The summed E-state index contributed by atoms with van der Waals surface area (Å²) in [6.07, 6.45) is 0.578. The van der Waals surface area contributed by atoms with E-state index in [9.17, 15) is 9.59 Å². The first-order chi connectivity index (χ1) is 13.1. The van der Waals surface area contributed by atoms with Gasteiger partial charge in [-0.25, -0.2) is 0 Å². The molecule has 1 N–H and O–H groups in total. The van der Waals surface area contributed by atoms with Crippen molar-refractivity contribution in [2.24, 2.45) is 0 Å². The Bertz CT molecular complexity index is 751. The van der Waals surface area contributed by atoms with Gasteiger partial charge in [-0.1, -0.05) is 42.5 Å². The molecule has 0 unspecified atom stereocenters. The van der Waals surface area contributed by atoms with Crippen molar-refractivity contribution < 1.29 is 9.59 Å². The van der Waals surface area contributed by atoms with Crippen molar-refractivity contribution in [2.75, 3.05) is 38.0 Å². The molecule has 0 aromatic heterocycles. The summed E-state index contributed by atoms with van der Waals surface area (Å²) < 4.78 is 0. The van der Waals surface area contributed by atoms with E-state index in [0.717, 1.165) is 50.5 Å². The number of nitrogens with zero attached hydrogens (tertiary/aromatic N) is 2. The molecular weight excluding hydrogens is 338 g/mol. The summed E-state index contributed by atoms with van der Waals surface area (Å²) in [5.74, 6) is 0.168. The molecule has 0 aliphatic carbocycles. The molecule has 1 aliphatic heterocycles. The Labute approximate surface area is 161 Å². The summed E-state index contributed by atoms with van der Waals surface area (Å²) in [6.45, 7) is 7.25. The van der Waals surface area contributed by atoms with Crippen LogP contribution in [0.2, 0.25) is 0 Å². The van der Waals surface area contributed by atoms with Gasteiger partial charge in [0.15, 0.2) is 5.78 Å². The smallest absolute Gasteiger partial charge is 0.221 e. The maximum absolute atomic E-state index is 12.2. The Balaban J connectivity index is 1.40. The van der Waals surface area contributed by atoms with Gasteiger partial charge in [-0.3, -0.25) is 14.5 Å². The Morgan fingerprint density at radius 2 is 1.52 bits per heavy atom. The molecule has 5 heteroatoms. The molecule has 0 saturated carbocycles. The quantitative estimate of drug-likeness (QED) is 0.767. The van der Waals surface area contributed by atoms with E-state index in [2.05, 4.69) is 27.2 Å². The standard InChI is InChI=1S/C22H27N3O2/c1-18(26)23-21-9-7-19(8-10-21)17-25-15-13-24(14-16-25)12-11-22(27)20-5-3-2-4-6-20/h2-10H,11-17H2,1H3,(H,23,26). The van der Waals surface area contributed by atoms with E-state index in [-0.39, 0.29) is 11.7 Å². The van der Waals surface area contributed by atoms with Crippen molar-refractivity contribution >= 4 is 17.4 Å². The van der Waals surface area contributed by atoms with Gasteiger partial charge in [-0.15, -0.1) is 0 Å². The van der Waals surface area contributed by atoms with Crippen molar-refractivity contribution in [2.45, 2.75) is 19.9 Å². The summed E-state index contributed by atoms with van der Waals surface area (Å²) >= 11 is 0. The number of benzene rings is 2. The van der Waals surface area contributed by atoms with E-state index in [0.29, 0.717) is 6.42 Å². The van der Waals surface area contributed by atoms with Gasteiger partial charge in [0, 0.05) is 63.9 Å². The third kappa shape index (κ3) is 6.01. The fourth-order valence-electron chi connectivity index (χ4n) is 3.35. The van der Waals surface area contributed by atoms with Crippen molar-refractivity contribution in [1.29, 1.82) is 0 Å². The van der Waals surface area contributed by atoms with Crippen LogP contribution in [0, 0.1) is 0 Å². The SMILES string of the molecule is CC(=O)Nc1ccc(CN2CCN(CCC(=O)c3ccccc3)CC2)cc1. The van der Waals surface area contributed by atoms with Gasteiger partial charge < -0.3 is 10.2 Å². The largest absolute Gasteiger partial charge is 0.326 e. The van der Waals surface area contributed by atoms with Crippen LogP contribution in [0.4, 0.5) is 5.69 Å². The predicted octanol–water partition coefficient (Wildman–Crippen LogP) is 3.04. The van der Waals surface area contributed by atoms with Crippen LogP contribution >= 0.6 is 0 Å². The van der Waals surface area contributed by atoms with Crippen molar-refractivity contribution in [3.63, 3.8) is 0 Å². The topological polar surface area (TPSA) is 52.7 Å². The zero-order valence-corrected chi connectivity index (χ0v) is 15.9. The van der Waals surface area contributed by atoms with E-state index in [1.165, 1.54) is 12.5 Å². The molecule has 27 heavy (non-hydrogen) atoms. The number of piperazine rings is 1. The number of nitrogens with one attached hydrogen (secondary N) is 1. The summed E-state index contributed by atoms with van der Waals surface area (Å²) in [5.41, 5.74) is 2.88. The Morgan fingerprint density at radius 1 is 0.889 bits per heavy atom. The first-order valence-corrected chi connectivity index (χ1v) is 9.49. The van der Waals surface area contributed by atoms with E-state index in [4.69, 9.17) is 0 Å². The van der Waals surface area contributed by atoms with Gasteiger partial charge in [-0.2, -0.15) is 0 Å². The molecule has 1 aliphatic rings. The highest BCUT2D eigenvalue weighted by Gasteiger charge is 2.18. The highest BCUT2D eigenvalue weighted by molar-refractivity contribution is 5.96. The normalized spacial score (nSPS) is 15.4. The molecule has 2 aromatic carbocycles. The third-order valence-electron chi connectivity index (χ3n) is 4.90. The molecule has 1 saturated heterocycles. The fraction of sp³-hybridized carbons (Fsp3) is 0.364. The lowest BCUT2D eigenvalue weighted by atomic mass is 10.1. The lowest BCUT2D eigenvalue weighted by Gasteiger charge is -2.34. The summed E-state index contributed by atoms with van der Waals surface area (Å²) in [4.78, 5) is 28.1. The van der Waals surface area contributed by atoms with Crippen LogP contribution in [-0.4, -0.2) is 54.2 Å². The van der Waals surface area contributed by atoms with Crippen LogP contribution in [0.1, 0.15) is 29.3 Å². The first-order valence-electron chi connectivity index (χ1n) is 9.49. The van der Waals surface area contributed by atoms with Crippen LogP contribution in [0.5, 0.6) is 0 Å². The number of Topliss-reactive ketones (excluding diaryl/α,β-unsaturated/α-hetero) is 1. The second kappa shape index (κ2) is 9.44. The predicted molar refractivity (Wildman–Crippen MR) is 108 cm³/mol. The Kier molecular flexibility index (Phi) is 6.74. The molecule has 0 spiro atoms. The molecule has 3 rings (SSSR count). The second-order valence-electron chi connectivity index (χ2n) is 7.04. The van der Waals surface area contributed by atoms with E-state index in [1.54, 1.807) is 0 Å². The highest BCUT2D eigenvalue weighted by Crippen LogP contribution is 2.13. The molecule has 0 radical (unpaired) electrons. The average Bonchev–Trinajstić information content (AvgIpc) is 2.69. The van der Waals surface area contributed by atoms with Gasteiger partial charge in [0.05, 0.1) is 0 Å². The van der Waals surface area contributed by atoms with E-state index >= 15 is 0 Å². The molecule has 2 aromatic rings. The fourth-order valence-corrected chi connectivity index (χ4v) is 3.35. The minimum atomic E-state index is -0.0513. The van der Waals surface area contributed by atoms with Gasteiger partial charge in [-0.05, 0) is 17.7 Å². The molecule has 0 atom stereocenters. The number of anilines is 1. The van der Waals surface area contributed by atoms with Crippen LogP contribution < -0.4 is 5.32 Å². The van der Waals surface area contributed by atoms with Crippen LogP contribution in [0.15, 0.2) is 54.6 Å². The first kappa shape index (κ1) is 19.3. The lowest BCUT2D eigenvalue weighted by Crippen LogP contribution is -2.46. The maximum atomic E-state index is 12.2. The van der Waals surface area contributed by atoms with Gasteiger partial charge in [0.25, 0.3) is 0 Å². The van der Waals surface area contributed by atoms with E-state index < -0.39 is 0 Å². The zero-order chi connectivity index (χ0) is 19.1. The van der Waals surface area contributed by atoms with Crippen LogP contribution in [-0.2, 0) is 11.3 Å². The van der Waals surface area contributed by atoms with Gasteiger partial charge >= 0.3 is 0 Å². The van der Waals surface area contributed by atoms with Gasteiger partial charge in [0.1, 0.15) is 0 Å². The zero-order valence-electron chi connectivity index (χ0n) is 15.9. The molecular formula is C22H27N3O2. The van der Waals surface area contributed by atoms with Crippen LogP contribution in [0.3, 0.4) is 0 Å². The van der Waals surface area contributed by atoms with Gasteiger partial charge in [0.2, 0.25) is 5.91 Å². The number of hydrogen-bond acceptors (Lipinski definition) is 4. The molecule has 1 fully saturated rings. The van der Waals surface area contributed by atoms with E-state index in [1.807, 2.05) is 42.5 Å².